The molecule has 1 N–H and O–H groups in total. The molecule has 4 aromatic rings. The maximum atomic E-state index is 13.2. The van der Waals surface area contributed by atoms with Crippen LogP contribution in [0.2, 0.25) is 0 Å². The molecule has 0 aliphatic carbocycles. The van der Waals surface area contributed by atoms with Crippen LogP contribution in [0, 0.1) is 0 Å². The van der Waals surface area contributed by atoms with Crippen molar-refractivity contribution in [2.75, 3.05) is 19.8 Å². The number of aromatic nitrogens is 5. The number of pyridine rings is 1. The molecular weight excluding hydrogens is 480 g/mol. The number of aromatic amines is 1. The summed E-state index contributed by atoms with van der Waals surface area (Å²) in [5, 5.41) is 13.7. The molecule has 9 nitrogen and oxygen atoms in total. The Balaban J connectivity index is 1.46. The van der Waals surface area contributed by atoms with Crippen molar-refractivity contribution in [3.8, 4) is 5.75 Å². The zero-order valence-electron chi connectivity index (χ0n) is 22.2. The Morgan fingerprint density at radius 1 is 1.18 bits per heavy atom. The Hall–Kier alpha value is -3.56. The molecule has 0 unspecified atom stereocenters. The van der Waals surface area contributed by atoms with E-state index in [9.17, 15) is 4.79 Å². The van der Waals surface area contributed by atoms with Crippen molar-refractivity contribution in [2.45, 2.75) is 64.8 Å². The number of rotatable bonds is 12. The maximum Gasteiger partial charge on any atom is 0.252 e. The summed E-state index contributed by atoms with van der Waals surface area (Å²) in [5.74, 6) is 1.60. The van der Waals surface area contributed by atoms with Crippen molar-refractivity contribution in [3.63, 3.8) is 0 Å². The summed E-state index contributed by atoms with van der Waals surface area (Å²) in [6.07, 6.45) is 3.88. The molecule has 2 atom stereocenters. The normalized spacial score (nSPS) is 16.3. The van der Waals surface area contributed by atoms with Gasteiger partial charge in [-0.05, 0) is 72.9 Å². The molecule has 5 rings (SSSR count). The van der Waals surface area contributed by atoms with Gasteiger partial charge >= 0.3 is 0 Å². The molecule has 0 amide bonds. The van der Waals surface area contributed by atoms with Crippen LogP contribution in [0.1, 0.15) is 56.1 Å². The summed E-state index contributed by atoms with van der Waals surface area (Å²) in [5.41, 5.74) is 2.67. The molecule has 2 aromatic heterocycles. The number of tetrazole rings is 1. The van der Waals surface area contributed by atoms with Gasteiger partial charge in [0, 0.05) is 36.2 Å². The summed E-state index contributed by atoms with van der Waals surface area (Å²) in [7, 11) is 0. The van der Waals surface area contributed by atoms with Gasteiger partial charge in [-0.1, -0.05) is 37.3 Å². The van der Waals surface area contributed by atoms with E-state index in [4.69, 9.17) is 9.47 Å². The Morgan fingerprint density at radius 2 is 2.05 bits per heavy atom. The lowest BCUT2D eigenvalue weighted by Crippen LogP contribution is -2.34. The zero-order chi connectivity index (χ0) is 26.3. The molecule has 200 valence electrons. The first kappa shape index (κ1) is 26.1. The van der Waals surface area contributed by atoms with E-state index in [0.717, 1.165) is 61.3 Å². The first-order chi connectivity index (χ1) is 18.6. The molecule has 38 heavy (non-hydrogen) atoms. The SMILES string of the molecule is CCOc1ccc2[nH]c(=O)c(CN(CCc3ccccc3)[C@@H](CC)c3nnnn3C[C@@H]3CCCO3)cc2c1. The highest BCUT2D eigenvalue weighted by Crippen LogP contribution is 2.26. The van der Waals surface area contributed by atoms with Crippen LogP contribution in [-0.2, 0) is 24.2 Å². The van der Waals surface area contributed by atoms with E-state index in [2.05, 4.69) is 56.6 Å². The average molecular weight is 517 g/mol. The van der Waals surface area contributed by atoms with Crippen LogP contribution in [0.5, 0.6) is 5.75 Å². The van der Waals surface area contributed by atoms with E-state index in [1.54, 1.807) is 0 Å². The van der Waals surface area contributed by atoms with Gasteiger partial charge in [-0.3, -0.25) is 9.69 Å². The molecule has 1 saturated heterocycles. The number of hydrogen-bond donors (Lipinski definition) is 1. The minimum absolute atomic E-state index is 0.0556. The average Bonchev–Trinajstić information content (AvgIpc) is 3.62. The third-order valence-corrected chi connectivity index (χ3v) is 7.19. The molecule has 1 aliphatic rings. The highest BCUT2D eigenvalue weighted by molar-refractivity contribution is 5.80. The Kier molecular flexibility index (Phi) is 8.45. The van der Waals surface area contributed by atoms with E-state index < -0.39 is 0 Å². The van der Waals surface area contributed by atoms with Crippen LogP contribution in [0.4, 0.5) is 0 Å². The lowest BCUT2D eigenvalue weighted by atomic mass is 10.1. The van der Waals surface area contributed by atoms with E-state index in [1.807, 2.05) is 41.9 Å². The second kappa shape index (κ2) is 12.3. The van der Waals surface area contributed by atoms with Crippen LogP contribution >= 0.6 is 0 Å². The van der Waals surface area contributed by atoms with E-state index >= 15 is 0 Å². The van der Waals surface area contributed by atoms with Gasteiger partial charge < -0.3 is 14.5 Å². The largest absolute Gasteiger partial charge is 0.494 e. The third-order valence-electron chi connectivity index (χ3n) is 7.19. The summed E-state index contributed by atoms with van der Waals surface area (Å²) in [6, 6.07) is 18.1. The van der Waals surface area contributed by atoms with Gasteiger partial charge in [-0.15, -0.1) is 5.10 Å². The molecule has 1 aliphatic heterocycles. The van der Waals surface area contributed by atoms with Gasteiger partial charge in [-0.2, -0.15) is 0 Å². The Morgan fingerprint density at radius 3 is 2.82 bits per heavy atom. The predicted octanol–water partition coefficient (Wildman–Crippen LogP) is 4.29. The smallest absolute Gasteiger partial charge is 0.252 e. The molecule has 0 saturated carbocycles. The summed E-state index contributed by atoms with van der Waals surface area (Å²) in [4.78, 5) is 18.6. The lowest BCUT2D eigenvalue weighted by molar-refractivity contribution is 0.0893. The van der Waals surface area contributed by atoms with Crippen molar-refractivity contribution < 1.29 is 9.47 Å². The first-order valence-corrected chi connectivity index (χ1v) is 13.6. The topological polar surface area (TPSA) is 98.2 Å². The predicted molar refractivity (Wildman–Crippen MR) is 146 cm³/mol. The van der Waals surface area contributed by atoms with Gasteiger partial charge in [0.15, 0.2) is 5.82 Å². The van der Waals surface area contributed by atoms with Crippen LogP contribution in [0.3, 0.4) is 0 Å². The van der Waals surface area contributed by atoms with Gasteiger partial charge in [0.05, 0.1) is 25.3 Å². The first-order valence-electron chi connectivity index (χ1n) is 13.6. The quantitative estimate of drug-likeness (QED) is 0.300. The summed E-state index contributed by atoms with van der Waals surface area (Å²) >= 11 is 0. The number of nitrogens with zero attached hydrogens (tertiary/aromatic N) is 5. The standard InChI is InChI=1S/C29H36N6O3/c1-3-27(28-31-32-33-35(28)20-25-11-8-16-38-25)34(15-14-21-9-6-5-7-10-21)19-23-17-22-18-24(37-4-2)12-13-26(22)30-29(23)36/h5-7,9-10,12-13,17-18,25,27H,3-4,8,11,14-16,19-20H2,1-2H3,(H,30,36)/t25-,27-/m0/s1. The van der Waals surface area contributed by atoms with Crippen LogP contribution in [0.25, 0.3) is 10.9 Å². The summed E-state index contributed by atoms with van der Waals surface area (Å²) < 4.78 is 13.4. The Labute approximate surface area is 222 Å². The maximum absolute atomic E-state index is 13.2. The Bertz CT molecular complexity index is 1380. The van der Waals surface area contributed by atoms with Gasteiger partial charge in [0.25, 0.3) is 5.56 Å². The number of ether oxygens (including phenoxy) is 2. The molecule has 1 fully saturated rings. The number of H-pyrrole nitrogens is 1. The minimum atomic E-state index is -0.0832. The van der Waals surface area contributed by atoms with E-state index in [-0.39, 0.29) is 17.7 Å². The third kappa shape index (κ3) is 6.11. The van der Waals surface area contributed by atoms with Gasteiger partial charge in [0.2, 0.25) is 0 Å². The molecule has 0 bridgehead atoms. The molecule has 3 heterocycles. The van der Waals surface area contributed by atoms with Crippen molar-refractivity contribution in [3.05, 3.63) is 81.9 Å². The molecular formula is C29H36N6O3. The van der Waals surface area contributed by atoms with Gasteiger partial charge in [-0.25, -0.2) is 4.68 Å². The van der Waals surface area contributed by atoms with Crippen molar-refractivity contribution >= 4 is 10.9 Å². The van der Waals surface area contributed by atoms with Crippen LogP contribution in [0.15, 0.2) is 59.4 Å². The highest BCUT2D eigenvalue weighted by atomic mass is 16.5. The summed E-state index contributed by atoms with van der Waals surface area (Å²) in [6.45, 7) is 7.36. The number of benzene rings is 2. The van der Waals surface area contributed by atoms with E-state index in [0.29, 0.717) is 25.3 Å². The molecule has 0 radical (unpaired) electrons. The monoisotopic (exact) mass is 516 g/mol. The molecule has 0 spiro atoms. The minimum Gasteiger partial charge on any atom is -0.494 e. The second-order valence-electron chi connectivity index (χ2n) is 9.79. The second-order valence-corrected chi connectivity index (χ2v) is 9.79. The van der Waals surface area contributed by atoms with Gasteiger partial charge in [0.1, 0.15) is 5.75 Å². The number of nitrogens with one attached hydrogen (secondary N) is 1. The van der Waals surface area contributed by atoms with Crippen molar-refractivity contribution in [1.82, 2.24) is 30.1 Å². The zero-order valence-corrected chi connectivity index (χ0v) is 22.2. The molecule has 9 heteroatoms. The lowest BCUT2D eigenvalue weighted by Gasteiger charge is -2.30. The molecule has 2 aromatic carbocycles. The van der Waals surface area contributed by atoms with E-state index in [1.165, 1.54) is 5.56 Å². The highest BCUT2D eigenvalue weighted by Gasteiger charge is 2.27. The fourth-order valence-corrected chi connectivity index (χ4v) is 5.25. The van der Waals surface area contributed by atoms with Crippen LogP contribution < -0.4 is 10.3 Å². The number of hydrogen-bond acceptors (Lipinski definition) is 7. The number of fused-ring (bicyclic) bond motifs is 1. The van der Waals surface area contributed by atoms with Crippen molar-refractivity contribution in [2.24, 2.45) is 0 Å². The fourth-order valence-electron chi connectivity index (χ4n) is 5.25. The van der Waals surface area contributed by atoms with Crippen LogP contribution in [-0.4, -0.2) is 56.0 Å². The van der Waals surface area contributed by atoms with Crippen molar-refractivity contribution in [1.29, 1.82) is 0 Å². The fraction of sp³-hybridized carbons (Fsp3) is 0.448.